The van der Waals surface area contributed by atoms with Gasteiger partial charge in [-0.25, -0.2) is 13.4 Å². The molecule has 3 heterocycles. The lowest BCUT2D eigenvalue weighted by Crippen LogP contribution is -2.42. The summed E-state index contributed by atoms with van der Waals surface area (Å²) in [6.07, 6.45) is 2.25. The van der Waals surface area contributed by atoms with Gasteiger partial charge in [-0.1, -0.05) is 32.0 Å². The van der Waals surface area contributed by atoms with Crippen LogP contribution in [0.15, 0.2) is 70.6 Å². The largest absolute Gasteiger partial charge is 0.457 e. The minimum atomic E-state index is -3.91. The zero-order valence-corrected chi connectivity index (χ0v) is 23.6. The van der Waals surface area contributed by atoms with Gasteiger partial charge in [-0.2, -0.15) is 4.31 Å². The number of anilines is 1. The highest BCUT2D eigenvalue weighted by molar-refractivity contribution is 7.89. The summed E-state index contributed by atoms with van der Waals surface area (Å²) >= 11 is 1.17. The zero-order chi connectivity index (χ0) is 27.7. The number of sulfonamides is 1. The van der Waals surface area contributed by atoms with Crippen LogP contribution in [0, 0.1) is 18.8 Å². The number of amides is 1. The molecule has 9 nitrogen and oxygen atoms in total. The molecule has 0 unspecified atom stereocenters. The van der Waals surface area contributed by atoms with E-state index >= 15 is 0 Å². The van der Waals surface area contributed by atoms with E-state index in [1.165, 1.54) is 22.0 Å². The van der Waals surface area contributed by atoms with Crippen molar-refractivity contribution in [3.63, 3.8) is 0 Å². The number of nitrogens with zero attached hydrogens (tertiary/aromatic N) is 3. The molecule has 1 aliphatic heterocycles. The lowest BCUT2D eigenvalue weighted by atomic mass is 9.94. The van der Waals surface area contributed by atoms with Gasteiger partial charge in [-0.3, -0.25) is 14.2 Å². The average Bonchev–Trinajstić information content (AvgIpc) is 3.24. The molecular formula is C28H30N4O5S2. The van der Waals surface area contributed by atoms with Crippen LogP contribution in [-0.2, 0) is 21.4 Å². The van der Waals surface area contributed by atoms with Gasteiger partial charge in [0.05, 0.1) is 11.7 Å². The van der Waals surface area contributed by atoms with E-state index in [2.05, 4.69) is 10.3 Å². The van der Waals surface area contributed by atoms with Crippen molar-refractivity contribution in [3.05, 3.63) is 76.2 Å². The Morgan fingerprint density at radius 3 is 2.36 bits per heavy atom. The van der Waals surface area contributed by atoms with E-state index in [-0.39, 0.29) is 28.7 Å². The van der Waals surface area contributed by atoms with Crippen LogP contribution in [0.2, 0.25) is 0 Å². The predicted molar refractivity (Wildman–Crippen MR) is 152 cm³/mol. The predicted octanol–water partition coefficient (Wildman–Crippen LogP) is 4.86. The van der Waals surface area contributed by atoms with Gasteiger partial charge in [0.25, 0.3) is 5.56 Å². The fraction of sp³-hybridized carbons (Fsp3) is 0.321. The third-order valence-corrected chi connectivity index (χ3v) is 9.81. The molecule has 1 aliphatic rings. The fourth-order valence-corrected chi connectivity index (χ4v) is 8.40. The Morgan fingerprint density at radius 2 is 1.69 bits per heavy atom. The van der Waals surface area contributed by atoms with Gasteiger partial charge in [-0.05, 0) is 61.6 Å². The molecule has 0 saturated carbocycles. The van der Waals surface area contributed by atoms with Crippen LogP contribution in [0.25, 0.3) is 10.2 Å². The van der Waals surface area contributed by atoms with E-state index in [0.29, 0.717) is 40.0 Å². The number of aryl methyl sites for hydroxylation is 1. The minimum absolute atomic E-state index is 0.00469. The molecule has 2 atom stereocenters. The van der Waals surface area contributed by atoms with Gasteiger partial charge in [-0.15, -0.1) is 11.3 Å². The van der Waals surface area contributed by atoms with Crippen LogP contribution in [0.5, 0.6) is 11.5 Å². The number of carbonyl (C=O) groups excluding carboxylic acids is 1. The summed E-state index contributed by atoms with van der Waals surface area (Å²) in [6, 6.07) is 16.2. The standard InChI is InChI=1S/C28H30N4O5S2/c1-18-13-19(2)15-32(14-18)39(35,36)26-20(3)38-27-25(26)28(34)31(17-29-27)16-24(33)30-21-9-11-23(12-10-21)37-22-7-5-4-6-8-22/h4-12,17-19H,13-16H2,1-3H3,(H,30,33)/t18-,19-/m1/s1. The van der Waals surface area contributed by atoms with E-state index in [1.807, 2.05) is 44.2 Å². The van der Waals surface area contributed by atoms with Crippen molar-refractivity contribution in [1.29, 1.82) is 0 Å². The fourth-order valence-electron chi connectivity index (χ4n) is 5.05. The molecule has 0 bridgehead atoms. The molecule has 4 aromatic rings. The summed E-state index contributed by atoms with van der Waals surface area (Å²) in [4.78, 5) is 31.5. The van der Waals surface area contributed by atoms with Crippen LogP contribution in [0.4, 0.5) is 5.69 Å². The SMILES string of the molecule is Cc1sc2ncn(CC(=O)Nc3ccc(Oc4ccccc4)cc3)c(=O)c2c1S(=O)(=O)N1C[C@H](C)C[C@@H](C)C1. The summed E-state index contributed by atoms with van der Waals surface area (Å²) in [5.74, 6) is 1.33. The summed E-state index contributed by atoms with van der Waals surface area (Å²) in [5, 5.41) is 2.81. The molecule has 0 aliphatic carbocycles. The van der Waals surface area contributed by atoms with E-state index in [4.69, 9.17) is 4.74 Å². The third-order valence-electron chi connectivity index (χ3n) is 6.66. The van der Waals surface area contributed by atoms with Gasteiger partial charge < -0.3 is 10.1 Å². The van der Waals surface area contributed by atoms with Crippen LogP contribution >= 0.6 is 11.3 Å². The maximum absolute atomic E-state index is 13.7. The topological polar surface area (TPSA) is 111 Å². The minimum Gasteiger partial charge on any atom is -0.457 e. The molecule has 1 N–H and O–H groups in total. The van der Waals surface area contributed by atoms with Gasteiger partial charge in [0.15, 0.2) is 0 Å². The molecule has 11 heteroatoms. The molecule has 204 valence electrons. The number of fused-ring (bicyclic) bond motifs is 1. The Balaban J connectivity index is 1.36. The van der Waals surface area contributed by atoms with Crippen LogP contribution in [-0.4, -0.2) is 41.3 Å². The molecule has 0 radical (unpaired) electrons. The highest BCUT2D eigenvalue weighted by Gasteiger charge is 2.35. The summed E-state index contributed by atoms with van der Waals surface area (Å²) < 4.78 is 35.8. The van der Waals surface area contributed by atoms with E-state index in [1.54, 1.807) is 31.2 Å². The molecule has 2 aromatic carbocycles. The molecule has 1 amide bonds. The van der Waals surface area contributed by atoms with Crippen molar-refractivity contribution >= 4 is 43.2 Å². The number of ether oxygens (including phenoxy) is 1. The quantitative estimate of drug-likeness (QED) is 0.342. The number of hydrogen-bond donors (Lipinski definition) is 1. The Hall–Kier alpha value is -3.54. The van der Waals surface area contributed by atoms with Crippen LogP contribution in [0.1, 0.15) is 25.1 Å². The van der Waals surface area contributed by atoms with Crippen LogP contribution < -0.4 is 15.6 Å². The van der Waals surface area contributed by atoms with Crippen molar-refractivity contribution < 1.29 is 17.9 Å². The average molecular weight is 567 g/mol. The summed E-state index contributed by atoms with van der Waals surface area (Å²) in [5.41, 5.74) is -0.0201. The Bertz CT molecular complexity index is 1650. The van der Waals surface area contributed by atoms with Crippen molar-refractivity contribution in [3.8, 4) is 11.5 Å². The number of nitrogens with one attached hydrogen (secondary N) is 1. The Morgan fingerprint density at radius 1 is 1.05 bits per heavy atom. The van der Waals surface area contributed by atoms with E-state index in [0.717, 1.165) is 11.0 Å². The molecular weight excluding hydrogens is 536 g/mol. The molecule has 5 rings (SSSR count). The first-order valence-electron chi connectivity index (χ1n) is 12.7. The number of para-hydroxylation sites is 1. The van der Waals surface area contributed by atoms with Crippen LogP contribution in [0.3, 0.4) is 0 Å². The second-order valence-electron chi connectivity index (χ2n) is 10.1. The smallest absolute Gasteiger partial charge is 0.263 e. The number of thiophene rings is 1. The van der Waals surface area contributed by atoms with Crippen molar-refractivity contribution in [2.45, 2.75) is 38.6 Å². The third kappa shape index (κ3) is 5.75. The lowest BCUT2D eigenvalue weighted by Gasteiger charge is -2.34. The summed E-state index contributed by atoms with van der Waals surface area (Å²) in [6.45, 7) is 6.28. The molecule has 0 spiro atoms. The zero-order valence-electron chi connectivity index (χ0n) is 22.0. The van der Waals surface area contributed by atoms with Gasteiger partial charge in [0, 0.05) is 23.7 Å². The second kappa shape index (κ2) is 10.9. The van der Waals surface area contributed by atoms with Crippen molar-refractivity contribution in [1.82, 2.24) is 13.9 Å². The normalized spacial score (nSPS) is 18.2. The van der Waals surface area contributed by atoms with Crippen molar-refractivity contribution in [2.75, 3.05) is 18.4 Å². The van der Waals surface area contributed by atoms with E-state index in [9.17, 15) is 18.0 Å². The molecule has 2 aromatic heterocycles. The van der Waals surface area contributed by atoms with Gasteiger partial charge >= 0.3 is 0 Å². The molecule has 1 saturated heterocycles. The number of carbonyl (C=O) groups is 1. The number of piperidine rings is 1. The monoisotopic (exact) mass is 566 g/mol. The number of aromatic nitrogens is 2. The van der Waals surface area contributed by atoms with Gasteiger partial charge in [0.1, 0.15) is 27.8 Å². The first-order chi connectivity index (χ1) is 18.6. The van der Waals surface area contributed by atoms with Crippen molar-refractivity contribution in [2.24, 2.45) is 11.8 Å². The number of rotatable bonds is 7. The lowest BCUT2D eigenvalue weighted by molar-refractivity contribution is -0.116. The second-order valence-corrected chi connectivity index (χ2v) is 13.2. The number of hydrogen-bond acceptors (Lipinski definition) is 7. The summed E-state index contributed by atoms with van der Waals surface area (Å²) in [7, 11) is -3.91. The molecule has 39 heavy (non-hydrogen) atoms. The Kier molecular flexibility index (Phi) is 7.57. The number of benzene rings is 2. The first kappa shape index (κ1) is 27.0. The Labute approximate surface area is 231 Å². The van der Waals surface area contributed by atoms with Gasteiger partial charge in [0.2, 0.25) is 15.9 Å². The first-order valence-corrected chi connectivity index (χ1v) is 15.0. The highest BCUT2D eigenvalue weighted by atomic mass is 32.2. The maximum atomic E-state index is 13.7. The maximum Gasteiger partial charge on any atom is 0.263 e. The highest BCUT2D eigenvalue weighted by Crippen LogP contribution is 2.35. The van der Waals surface area contributed by atoms with E-state index < -0.39 is 21.5 Å². The molecule has 1 fully saturated rings.